The fourth-order valence-electron chi connectivity index (χ4n) is 7.90. The lowest BCUT2D eigenvalue weighted by Crippen LogP contribution is -2.60. The molecule has 4 aliphatic rings. The highest BCUT2D eigenvalue weighted by molar-refractivity contribution is 9.11. The van der Waals surface area contributed by atoms with Crippen LogP contribution in [0.3, 0.4) is 0 Å². The number of nitrogens with zero attached hydrogens (tertiary/aromatic N) is 4. The van der Waals surface area contributed by atoms with Gasteiger partial charge >= 0.3 is 12.1 Å². The van der Waals surface area contributed by atoms with Gasteiger partial charge in [-0.3, -0.25) is 9.69 Å². The number of piperidine rings is 2. The second-order valence-electron chi connectivity index (χ2n) is 13.0. The molecule has 0 aliphatic carbocycles. The van der Waals surface area contributed by atoms with Crippen molar-refractivity contribution in [2.45, 2.75) is 56.7 Å². The van der Waals surface area contributed by atoms with E-state index >= 15 is 0 Å². The molecule has 0 bridgehead atoms. The number of carbonyl (C=O) groups is 3. The molecule has 2 aromatic rings. The molecule has 0 spiro atoms. The van der Waals surface area contributed by atoms with E-state index in [1.54, 1.807) is 7.11 Å². The zero-order valence-electron chi connectivity index (χ0n) is 26.8. The second kappa shape index (κ2) is 15.1. The van der Waals surface area contributed by atoms with Gasteiger partial charge in [-0.25, -0.2) is 9.59 Å². The van der Waals surface area contributed by atoms with Crippen LogP contribution in [0.2, 0.25) is 0 Å². The average molecular weight is 777 g/mol. The van der Waals surface area contributed by atoms with Gasteiger partial charge in [0.25, 0.3) is 0 Å². The number of urea groups is 1. The number of piperazine rings is 1. The van der Waals surface area contributed by atoms with Crippen LogP contribution in [0.1, 0.15) is 36.8 Å². The number of likely N-dealkylation sites (tertiary alicyclic amines) is 1. The molecule has 0 aromatic heterocycles. The monoisotopic (exact) mass is 774 g/mol. The summed E-state index contributed by atoms with van der Waals surface area (Å²) in [4.78, 5) is 48.6. The van der Waals surface area contributed by atoms with E-state index in [1.165, 1.54) is 4.90 Å². The Morgan fingerprint density at radius 1 is 0.979 bits per heavy atom. The molecule has 4 aliphatic heterocycles. The van der Waals surface area contributed by atoms with Crippen LogP contribution < -0.4 is 15.4 Å². The molecule has 6 rings (SSSR count). The van der Waals surface area contributed by atoms with Crippen LogP contribution in [-0.4, -0.2) is 120 Å². The van der Waals surface area contributed by atoms with Crippen LogP contribution in [0.25, 0.3) is 0 Å². The smallest absolute Gasteiger partial charge is 0.407 e. The van der Waals surface area contributed by atoms with Gasteiger partial charge in [-0.05, 0) is 113 Å². The SMILES string of the molecule is COc1c(Br)cc(CC(C(=O)N2CCN(C3CCNCC3)CC2)[C@H]2CC(N3CCc4ccccc4NC3=O)CCN2C(=O)O)cc1Br. The van der Waals surface area contributed by atoms with E-state index in [2.05, 4.69) is 47.4 Å². The van der Waals surface area contributed by atoms with E-state index < -0.39 is 18.1 Å². The van der Waals surface area contributed by atoms with Crippen LogP contribution in [0.4, 0.5) is 15.3 Å². The maximum atomic E-state index is 14.6. The molecule has 3 saturated heterocycles. The first-order valence-corrected chi connectivity index (χ1v) is 18.2. The fourth-order valence-corrected chi connectivity index (χ4v) is 9.50. The molecular formula is C34H44Br2N6O5. The number of methoxy groups -OCH3 is 1. The van der Waals surface area contributed by atoms with Gasteiger partial charge < -0.3 is 35.2 Å². The van der Waals surface area contributed by atoms with E-state index in [0.717, 1.165) is 64.8 Å². The lowest BCUT2D eigenvalue weighted by atomic mass is 9.82. The van der Waals surface area contributed by atoms with E-state index in [0.29, 0.717) is 57.1 Å². The Labute approximate surface area is 293 Å². The molecular weight excluding hydrogens is 732 g/mol. The Morgan fingerprint density at radius 2 is 1.68 bits per heavy atom. The molecule has 3 atom stereocenters. The van der Waals surface area contributed by atoms with Crippen LogP contribution in [0.15, 0.2) is 45.3 Å². The second-order valence-corrected chi connectivity index (χ2v) is 14.7. The highest BCUT2D eigenvalue weighted by Crippen LogP contribution is 2.37. The van der Waals surface area contributed by atoms with Crippen molar-refractivity contribution in [2.24, 2.45) is 5.92 Å². The van der Waals surface area contributed by atoms with Crippen LogP contribution >= 0.6 is 31.9 Å². The molecule has 11 nitrogen and oxygen atoms in total. The Hall–Kier alpha value is -2.87. The Bertz CT molecular complexity index is 1440. The summed E-state index contributed by atoms with van der Waals surface area (Å²) in [6.45, 7) is 5.69. The summed E-state index contributed by atoms with van der Waals surface area (Å²) in [5.74, 6) is 0.00475. The van der Waals surface area contributed by atoms with E-state index in [9.17, 15) is 19.5 Å². The summed E-state index contributed by atoms with van der Waals surface area (Å²) in [6, 6.07) is 11.3. The number of halogens is 2. The van der Waals surface area contributed by atoms with Gasteiger partial charge in [0.05, 0.1) is 22.0 Å². The molecule has 0 radical (unpaired) electrons. The molecule has 13 heteroatoms. The first kappa shape index (κ1) is 34.0. The van der Waals surface area contributed by atoms with Gasteiger partial charge in [-0.1, -0.05) is 18.2 Å². The lowest BCUT2D eigenvalue weighted by Gasteiger charge is -2.46. The third-order valence-electron chi connectivity index (χ3n) is 10.4. The molecule has 3 fully saturated rings. The first-order valence-electron chi connectivity index (χ1n) is 16.6. The number of hydrogen-bond donors (Lipinski definition) is 3. The van der Waals surface area contributed by atoms with Crippen molar-refractivity contribution >= 4 is 55.6 Å². The zero-order valence-corrected chi connectivity index (χ0v) is 30.0. The van der Waals surface area contributed by atoms with Crippen molar-refractivity contribution < 1.29 is 24.2 Å². The first-order chi connectivity index (χ1) is 22.7. The number of fused-ring (bicyclic) bond motifs is 1. The summed E-state index contributed by atoms with van der Waals surface area (Å²) in [5.41, 5.74) is 2.79. The number of anilines is 1. The number of amides is 4. The summed E-state index contributed by atoms with van der Waals surface area (Å²) in [7, 11) is 1.60. The summed E-state index contributed by atoms with van der Waals surface area (Å²) in [5, 5.41) is 16.9. The Morgan fingerprint density at radius 3 is 2.36 bits per heavy atom. The van der Waals surface area contributed by atoms with Crippen molar-refractivity contribution in [3.63, 3.8) is 0 Å². The third-order valence-corrected chi connectivity index (χ3v) is 11.6. The maximum absolute atomic E-state index is 14.6. The van der Waals surface area contributed by atoms with E-state index in [-0.39, 0.29) is 24.5 Å². The summed E-state index contributed by atoms with van der Waals surface area (Å²) in [6.07, 6.45) is 3.16. The van der Waals surface area contributed by atoms with Crippen molar-refractivity contribution in [3.05, 3.63) is 56.5 Å². The molecule has 2 aromatic carbocycles. The van der Waals surface area contributed by atoms with Crippen molar-refractivity contribution in [1.82, 2.24) is 24.9 Å². The molecule has 254 valence electrons. The quantitative estimate of drug-likeness (QED) is 0.368. The number of nitrogens with one attached hydrogen (secondary N) is 2. The molecule has 2 unspecified atom stereocenters. The van der Waals surface area contributed by atoms with Gasteiger partial charge in [0, 0.05) is 63.1 Å². The average Bonchev–Trinajstić information content (AvgIpc) is 3.25. The predicted octanol–water partition coefficient (Wildman–Crippen LogP) is 4.88. The minimum atomic E-state index is -1.04. The van der Waals surface area contributed by atoms with Gasteiger partial charge in [0.2, 0.25) is 5.91 Å². The Balaban J connectivity index is 1.27. The lowest BCUT2D eigenvalue weighted by molar-refractivity contribution is -0.140. The number of carbonyl (C=O) groups excluding carboxylic acids is 2. The van der Waals surface area contributed by atoms with Gasteiger partial charge in [-0.15, -0.1) is 0 Å². The topological polar surface area (TPSA) is 118 Å². The van der Waals surface area contributed by atoms with Crippen LogP contribution in [0.5, 0.6) is 5.75 Å². The van der Waals surface area contributed by atoms with Crippen LogP contribution in [0, 0.1) is 5.92 Å². The third kappa shape index (κ3) is 7.58. The van der Waals surface area contributed by atoms with Gasteiger partial charge in [-0.2, -0.15) is 0 Å². The number of para-hydroxylation sites is 1. The Kier molecular flexibility index (Phi) is 10.9. The summed E-state index contributed by atoms with van der Waals surface area (Å²) < 4.78 is 7.03. The minimum absolute atomic E-state index is 0.0253. The highest BCUT2D eigenvalue weighted by atomic mass is 79.9. The number of benzene rings is 2. The predicted molar refractivity (Wildman–Crippen MR) is 187 cm³/mol. The van der Waals surface area contributed by atoms with Gasteiger partial charge in [0.15, 0.2) is 0 Å². The zero-order chi connectivity index (χ0) is 33.1. The largest absolute Gasteiger partial charge is 0.494 e. The normalized spacial score (nSPS) is 23.5. The highest BCUT2D eigenvalue weighted by Gasteiger charge is 2.44. The maximum Gasteiger partial charge on any atom is 0.407 e. The van der Waals surface area contributed by atoms with Crippen molar-refractivity contribution in [3.8, 4) is 5.75 Å². The molecule has 47 heavy (non-hydrogen) atoms. The van der Waals surface area contributed by atoms with E-state index in [4.69, 9.17) is 4.74 Å². The number of rotatable bonds is 7. The van der Waals surface area contributed by atoms with Crippen molar-refractivity contribution in [2.75, 3.05) is 64.8 Å². The molecule has 4 heterocycles. The van der Waals surface area contributed by atoms with Crippen LogP contribution in [-0.2, 0) is 17.6 Å². The summed E-state index contributed by atoms with van der Waals surface area (Å²) >= 11 is 7.22. The molecule has 0 saturated carbocycles. The fraction of sp³-hybridized carbons (Fsp3) is 0.559. The van der Waals surface area contributed by atoms with Gasteiger partial charge in [0.1, 0.15) is 5.75 Å². The minimum Gasteiger partial charge on any atom is -0.494 e. The van der Waals surface area contributed by atoms with Crippen molar-refractivity contribution in [1.29, 1.82) is 0 Å². The van der Waals surface area contributed by atoms with E-state index in [1.807, 2.05) is 46.2 Å². The molecule has 4 amide bonds. The standard InChI is InChI=1S/C34H44Br2N6O5/c1-47-31-27(35)19-22(20-28(31)36)18-26(32(43)40-16-14-39(15-17-40)24-6-10-37-11-7-24)30-21-25(9-13-42(30)34(45)46)41-12-8-23-4-2-3-5-29(23)38-33(41)44/h2-5,19-20,24-26,30,37H,6-18,21H2,1H3,(H,38,44)(H,45,46)/t25?,26?,30-/m1/s1. The number of hydrogen-bond acceptors (Lipinski definition) is 6. The number of carboxylic acid groups (broad SMARTS) is 1. The number of ether oxygens (including phenoxy) is 1. The molecule has 3 N–H and O–H groups in total.